The molecule has 0 bridgehead atoms. The quantitative estimate of drug-likeness (QED) is 0.423. The van der Waals surface area contributed by atoms with Crippen molar-refractivity contribution in [2.24, 2.45) is 0 Å². The highest BCUT2D eigenvalue weighted by molar-refractivity contribution is 5.93. The van der Waals surface area contributed by atoms with Crippen molar-refractivity contribution in [2.45, 2.75) is 33.2 Å². The Kier molecular flexibility index (Phi) is 6.71. The van der Waals surface area contributed by atoms with Crippen LogP contribution in [0.25, 0.3) is 5.69 Å². The first-order valence-electron chi connectivity index (χ1n) is 9.73. The summed E-state index contributed by atoms with van der Waals surface area (Å²) in [5, 5.41) is 24.5. The van der Waals surface area contributed by atoms with Gasteiger partial charge >= 0.3 is 0 Å². The van der Waals surface area contributed by atoms with Crippen LogP contribution in [-0.2, 0) is 11.3 Å². The van der Waals surface area contributed by atoms with Crippen LogP contribution < -0.4 is 10.6 Å². The van der Waals surface area contributed by atoms with Crippen LogP contribution in [-0.4, -0.2) is 31.7 Å². The summed E-state index contributed by atoms with van der Waals surface area (Å²) >= 11 is 0. The molecule has 0 saturated heterocycles. The van der Waals surface area contributed by atoms with Crippen LogP contribution >= 0.6 is 0 Å². The van der Waals surface area contributed by atoms with E-state index in [1.54, 1.807) is 37.3 Å². The predicted octanol–water partition coefficient (Wildman–Crippen LogP) is 3.15. The second-order valence-electron chi connectivity index (χ2n) is 6.89. The van der Waals surface area contributed by atoms with Gasteiger partial charge in [-0.25, -0.2) is 4.68 Å². The van der Waals surface area contributed by atoms with E-state index in [0.717, 1.165) is 12.0 Å². The molecule has 3 aromatic rings. The van der Waals surface area contributed by atoms with Gasteiger partial charge < -0.3 is 10.6 Å². The molecule has 0 atom stereocenters. The summed E-state index contributed by atoms with van der Waals surface area (Å²) in [7, 11) is 0. The van der Waals surface area contributed by atoms with Crippen LogP contribution in [0.3, 0.4) is 0 Å². The molecule has 31 heavy (non-hydrogen) atoms. The second kappa shape index (κ2) is 9.61. The summed E-state index contributed by atoms with van der Waals surface area (Å²) in [6, 6.07) is 13.1. The first-order valence-corrected chi connectivity index (χ1v) is 9.73. The monoisotopic (exact) mass is 422 g/mol. The largest absolute Gasteiger partial charge is 0.347 e. The Morgan fingerprint density at radius 2 is 1.94 bits per heavy atom. The average Bonchev–Trinajstić information content (AvgIpc) is 3.14. The molecular formula is C21H22N6O4. The third-order valence-corrected chi connectivity index (χ3v) is 4.54. The zero-order valence-corrected chi connectivity index (χ0v) is 17.2. The first-order chi connectivity index (χ1) is 14.9. The molecule has 0 aliphatic carbocycles. The van der Waals surface area contributed by atoms with Crippen LogP contribution in [0.1, 0.15) is 41.5 Å². The minimum Gasteiger partial charge on any atom is -0.347 e. The smallest absolute Gasteiger partial charge is 0.274 e. The number of nitro groups is 1. The van der Waals surface area contributed by atoms with Crippen LogP contribution in [0.2, 0.25) is 0 Å². The van der Waals surface area contributed by atoms with Gasteiger partial charge in [0.05, 0.1) is 16.3 Å². The van der Waals surface area contributed by atoms with Gasteiger partial charge in [0, 0.05) is 30.8 Å². The lowest BCUT2D eigenvalue weighted by molar-refractivity contribution is -0.384. The molecule has 160 valence electrons. The van der Waals surface area contributed by atoms with E-state index in [2.05, 4.69) is 20.9 Å². The number of anilines is 1. The number of non-ortho nitro benzene ring substituents is 1. The molecule has 2 N–H and O–H groups in total. The molecular weight excluding hydrogens is 400 g/mol. The molecule has 0 aliphatic heterocycles. The zero-order chi connectivity index (χ0) is 22.4. The van der Waals surface area contributed by atoms with Gasteiger partial charge in [-0.15, -0.1) is 5.10 Å². The summed E-state index contributed by atoms with van der Waals surface area (Å²) in [5.41, 5.74) is 2.42. The second-order valence-corrected chi connectivity index (χ2v) is 6.89. The highest BCUT2D eigenvalue weighted by atomic mass is 16.6. The van der Waals surface area contributed by atoms with E-state index in [9.17, 15) is 19.7 Å². The van der Waals surface area contributed by atoms with E-state index in [-0.39, 0.29) is 23.8 Å². The minimum atomic E-state index is -0.498. The first kappa shape index (κ1) is 21.6. The Bertz CT molecular complexity index is 1120. The topological polar surface area (TPSA) is 132 Å². The molecule has 0 spiro atoms. The Labute approximate surface area is 178 Å². The number of amides is 2. The number of hydrogen-bond acceptors (Lipinski definition) is 6. The lowest BCUT2D eigenvalue weighted by Crippen LogP contribution is -2.24. The number of carbonyl (C=O) groups is 2. The van der Waals surface area contributed by atoms with Crippen molar-refractivity contribution >= 4 is 23.2 Å². The zero-order valence-electron chi connectivity index (χ0n) is 17.2. The van der Waals surface area contributed by atoms with Crippen LogP contribution in [0.15, 0.2) is 48.5 Å². The summed E-state index contributed by atoms with van der Waals surface area (Å²) in [4.78, 5) is 34.8. The number of nitrogens with zero attached hydrogens (tertiary/aromatic N) is 4. The molecule has 0 radical (unpaired) electrons. The van der Waals surface area contributed by atoms with Crippen LogP contribution in [0.5, 0.6) is 0 Å². The molecule has 0 fully saturated rings. The standard InChI is InChI=1S/C21H22N6O4/c1-3-6-19(28)23-16-8-4-7-15(11-16)13-22-21(29)20-14(2)26(25-24-20)17-9-5-10-18(12-17)27(30)31/h4-5,7-12H,3,6,13H2,1-2H3,(H,22,29)(H,23,28). The van der Waals surface area contributed by atoms with Crippen molar-refractivity contribution in [2.75, 3.05) is 5.32 Å². The normalized spacial score (nSPS) is 10.5. The van der Waals surface area contributed by atoms with Gasteiger partial charge in [-0.2, -0.15) is 0 Å². The molecule has 3 rings (SSSR count). The van der Waals surface area contributed by atoms with Gasteiger partial charge in [0.2, 0.25) is 5.91 Å². The van der Waals surface area contributed by atoms with Gasteiger partial charge in [-0.3, -0.25) is 19.7 Å². The predicted molar refractivity (Wildman–Crippen MR) is 114 cm³/mol. The number of nitro benzene ring substituents is 1. The van der Waals surface area contributed by atoms with Gasteiger partial charge in [0.1, 0.15) is 0 Å². The Balaban J connectivity index is 1.69. The summed E-state index contributed by atoms with van der Waals surface area (Å²) in [6.07, 6.45) is 1.21. The van der Waals surface area contributed by atoms with Gasteiger partial charge in [0.25, 0.3) is 11.6 Å². The lowest BCUT2D eigenvalue weighted by Gasteiger charge is -2.08. The fraction of sp³-hybridized carbons (Fsp3) is 0.238. The highest BCUT2D eigenvalue weighted by Crippen LogP contribution is 2.18. The van der Waals surface area contributed by atoms with E-state index in [1.807, 2.05) is 13.0 Å². The maximum Gasteiger partial charge on any atom is 0.274 e. The van der Waals surface area contributed by atoms with Crippen molar-refractivity contribution in [1.82, 2.24) is 20.3 Å². The lowest BCUT2D eigenvalue weighted by atomic mass is 10.2. The van der Waals surface area contributed by atoms with Crippen molar-refractivity contribution in [3.8, 4) is 5.69 Å². The van der Waals surface area contributed by atoms with E-state index in [4.69, 9.17) is 0 Å². The van der Waals surface area contributed by atoms with E-state index in [0.29, 0.717) is 23.5 Å². The fourth-order valence-electron chi connectivity index (χ4n) is 3.00. The van der Waals surface area contributed by atoms with Gasteiger partial charge in [-0.1, -0.05) is 30.3 Å². The Hall–Kier alpha value is -4.08. The fourth-order valence-corrected chi connectivity index (χ4v) is 3.00. The van der Waals surface area contributed by atoms with Gasteiger partial charge in [0.15, 0.2) is 5.69 Å². The third-order valence-electron chi connectivity index (χ3n) is 4.54. The molecule has 2 aromatic carbocycles. The number of carbonyl (C=O) groups excluding carboxylic acids is 2. The van der Waals surface area contributed by atoms with E-state index < -0.39 is 10.8 Å². The number of nitrogens with one attached hydrogen (secondary N) is 2. The minimum absolute atomic E-state index is 0.0583. The number of aromatic nitrogens is 3. The summed E-state index contributed by atoms with van der Waals surface area (Å²) in [6.45, 7) is 3.83. The highest BCUT2D eigenvalue weighted by Gasteiger charge is 2.18. The van der Waals surface area contributed by atoms with Crippen molar-refractivity contribution in [1.29, 1.82) is 0 Å². The molecule has 0 aliphatic rings. The maximum atomic E-state index is 12.6. The maximum absolute atomic E-state index is 12.6. The number of benzene rings is 2. The summed E-state index contributed by atoms with van der Waals surface area (Å²) < 4.78 is 1.38. The molecule has 0 unspecified atom stereocenters. The average molecular weight is 422 g/mol. The Morgan fingerprint density at radius 1 is 1.16 bits per heavy atom. The molecule has 10 heteroatoms. The van der Waals surface area contributed by atoms with Crippen LogP contribution in [0.4, 0.5) is 11.4 Å². The Morgan fingerprint density at radius 3 is 2.68 bits per heavy atom. The molecule has 0 saturated carbocycles. The van der Waals surface area contributed by atoms with E-state index >= 15 is 0 Å². The summed E-state index contributed by atoms with van der Waals surface area (Å²) in [5.74, 6) is -0.480. The van der Waals surface area contributed by atoms with Crippen molar-refractivity contribution in [3.05, 3.63) is 75.6 Å². The number of hydrogen-bond donors (Lipinski definition) is 2. The van der Waals surface area contributed by atoms with Gasteiger partial charge in [-0.05, 0) is 37.1 Å². The molecule has 2 amide bonds. The SMILES string of the molecule is CCCC(=O)Nc1cccc(CNC(=O)c2nnn(-c3cccc([N+](=O)[O-])c3)c2C)c1. The third kappa shape index (κ3) is 5.30. The van der Waals surface area contributed by atoms with Crippen molar-refractivity contribution < 1.29 is 14.5 Å². The number of rotatable bonds is 8. The molecule has 10 nitrogen and oxygen atoms in total. The van der Waals surface area contributed by atoms with Crippen molar-refractivity contribution in [3.63, 3.8) is 0 Å². The van der Waals surface area contributed by atoms with E-state index in [1.165, 1.54) is 16.8 Å². The van der Waals surface area contributed by atoms with Crippen LogP contribution in [0, 0.1) is 17.0 Å². The molecule has 1 heterocycles. The molecule has 1 aromatic heterocycles.